The first-order valence-electron chi connectivity index (χ1n) is 9.26. The molecule has 5 nitrogen and oxygen atoms in total. The number of halogens is 1. The summed E-state index contributed by atoms with van der Waals surface area (Å²) in [4.78, 5) is 17.0. The van der Waals surface area contributed by atoms with Crippen LogP contribution in [0.2, 0.25) is 5.02 Å². The number of aromatic nitrogens is 2. The molecule has 0 saturated carbocycles. The lowest BCUT2D eigenvalue weighted by Gasteiger charge is -2.07. The lowest BCUT2D eigenvalue weighted by molar-refractivity contribution is 0.102. The maximum atomic E-state index is 12.4. The molecule has 0 aliphatic carbocycles. The standard InChI is InChI=1S/C24H17ClN4O/c1-29-22-8-3-2-7-21(22)28-23(29)18(15-26)13-16-5-4-6-20(14-16)27-24(30)17-9-11-19(25)12-10-17/h2-14H,1H3,(H,27,30)/b18-13-. The third-order valence-electron chi connectivity index (χ3n) is 4.71. The van der Waals surface area contributed by atoms with E-state index in [4.69, 9.17) is 11.6 Å². The Bertz CT molecular complexity index is 1310. The zero-order chi connectivity index (χ0) is 21.1. The highest BCUT2D eigenvalue weighted by Crippen LogP contribution is 2.23. The average Bonchev–Trinajstić information content (AvgIpc) is 3.09. The van der Waals surface area contributed by atoms with E-state index in [0.717, 1.165) is 16.6 Å². The second-order valence-electron chi connectivity index (χ2n) is 6.74. The number of nitrogens with one attached hydrogen (secondary N) is 1. The molecule has 1 amide bonds. The van der Waals surface area contributed by atoms with Crippen LogP contribution in [-0.4, -0.2) is 15.5 Å². The van der Waals surface area contributed by atoms with Gasteiger partial charge in [-0.15, -0.1) is 0 Å². The van der Waals surface area contributed by atoms with Gasteiger partial charge < -0.3 is 9.88 Å². The third kappa shape index (κ3) is 3.95. The normalized spacial score (nSPS) is 11.3. The number of allylic oxidation sites excluding steroid dienone is 1. The van der Waals surface area contributed by atoms with Gasteiger partial charge in [-0.2, -0.15) is 5.26 Å². The first-order chi connectivity index (χ1) is 14.5. The van der Waals surface area contributed by atoms with Crippen LogP contribution in [0.3, 0.4) is 0 Å². The van der Waals surface area contributed by atoms with Crippen LogP contribution in [0.1, 0.15) is 21.7 Å². The van der Waals surface area contributed by atoms with Crippen molar-refractivity contribution in [3.63, 3.8) is 0 Å². The minimum Gasteiger partial charge on any atom is -0.327 e. The SMILES string of the molecule is Cn1c(/C(C#N)=C\c2cccc(NC(=O)c3ccc(Cl)cc3)c2)nc2ccccc21. The molecule has 4 rings (SSSR count). The van der Waals surface area contributed by atoms with Gasteiger partial charge >= 0.3 is 0 Å². The van der Waals surface area contributed by atoms with E-state index >= 15 is 0 Å². The predicted octanol–water partition coefficient (Wildman–Crippen LogP) is 5.54. The van der Waals surface area contributed by atoms with Crippen LogP contribution in [0, 0.1) is 11.3 Å². The first-order valence-corrected chi connectivity index (χ1v) is 9.63. The van der Waals surface area contributed by atoms with E-state index in [1.165, 1.54) is 0 Å². The number of para-hydroxylation sites is 2. The number of carbonyl (C=O) groups is 1. The Morgan fingerprint density at radius 2 is 1.87 bits per heavy atom. The Kier molecular flexibility index (Phi) is 5.34. The van der Waals surface area contributed by atoms with E-state index < -0.39 is 0 Å². The van der Waals surface area contributed by atoms with Crippen LogP contribution in [0.4, 0.5) is 5.69 Å². The number of carbonyl (C=O) groups excluding carboxylic acids is 1. The first kappa shape index (κ1) is 19.4. The number of anilines is 1. The van der Waals surface area contributed by atoms with Crippen LogP contribution < -0.4 is 5.32 Å². The Balaban J connectivity index is 1.63. The van der Waals surface area contributed by atoms with Gasteiger partial charge in [0.15, 0.2) is 5.82 Å². The third-order valence-corrected chi connectivity index (χ3v) is 4.96. The van der Waals surface area contributed by atoms with Gasteiger partial charge in [-0.1, -0.05) is 35.9 Å². The number of nitriles is 1. The summed E-state index contributed by atoms with van der Waals surface area (Å²) in [5.74, 6) is 0.359. The van der Waals surface area contributed by atoms with Crippen LogP contribution in [0.5, 0.6) is 0 Å². The van der Waals surface area contributed by atoms with Crippen molar-refractivity contribution in [3.05, 3.63) is 94.8 Å². The van der Waals surface area contributed by atoms with Crippen molar-refractivity contribution in [3.8, 4) is 6.07 Å². The van der Waals surface area contributed by atoms with Crippen molar-refractivity contribution >= 4 is 45.9 Å². The minimum atomic E-state index is -0.233. The Labute approximate surface area is 178 Å². The van der Waals surface area contributed by atoms with Gasteiger partial charge in [0.2, 0.25) is 0 Å². The van der Waals surface area contributed by atoms with Crippen molar-refractivity contribution in [1.82, 2.24) is 9.55 Å². The van der Waals surface area contributed by atoms with Crippen molar-refractivity contribution < 1.29 is 4.79 Å². The van der Waals surface area contributed by atoms with Crippen LogP contribution >= 0.6 is 11.6 Å². The van der Waals surface area contributed by atoms with E-state index in [1.54, 1.807) is 36.4 Å². The molecule has 0 bridgehead atoms. The van der Waals surface area contributed by atoms with E-state index in [9.17, 15) is 10.1 Å². The lowest BCUT2D eigenvalue weighted by atomic mass is 10.1. The molecule has 0 radical (unpaired) electrons. The summed E-state index contributed by atoms with van der Waals surface area (Å²) < 4.78 is 1.90. The molecule has 0 aliphatic rings. The highest BCUT2D eigenvalue weighted by Gasteiger charge is 2.12. The predicted molar refractivity (Wildman–Crippen MR) is 120 cm³/mol. The molecule has 1 aromatic heterocycles. The van der Waals surface area contributed by atoms with Gasteiger partial charge in [0.25, 0.3) is 5.91 Å². The molecule has 0 unspecified atom stereocenters. The molecule has 1 N–H and O–H groups in total. The summed E-state index contributed by atoms with van der Waals surface area (Å²) >= 11 is 5.88. The monoisotopic (exact) mass is 412 g/mol. The quantitative estimate of drug-likeness (QED) is 0.447. The molecule has 0 aliphatic heterocycles. The van der Waals surface area contributed by atoms with E-state index in [0.29, 0.717) is 27.7 Å². The second-order valence-corrected chi connectivity index (χ2v) is 7.18. The molecule has 0 fully saturated rings. The largest absolute Gasteiger partial charge is 0.327 e. The van der Waals surface area contributed by atoms with Crippen LogP contribution in [-0.2, 0) is 7.05 Å². The summed E-state index contributed by atoms with van der Waals surface area (Å²) in [7, 11) is 1.89. The summed E-state index contributed by atoms with van der Waals surface area (Å²) in [5.41, 5.74) is 4.16. The maximum absolute atomic E-state index is 12.4. The van der Waals surface area contributed by atoms with Gasteiger partial charge in [0.1, 0.15) is 6.07 Å². The number of hydrogen-bond donors (Lipinski definition) is 1. The van der Waals surface area contributed by atoms with Crippen molar-refractivity contribution in [2.45, 2.75) is 0 Å². The molecule has 0 atom stereocenters. The molecular formula is C24H17ClN4O. The fourth-order valence-corrected chi connectivity index (χ4v) is 3.34. The van der Waals surface area contributed by atoms with Crippen molar-refractivity contribution in [1.29, 1.82) is 5.26 Å². The summed E-state index contributed by atoms with van der Waals surface area (Å²) in [6.45, 7) is 0. The Morgan fingerprint density at radius 3 is 2.60 bits per heavy atom. The number of fused-ring (bicyclic) bond motifs is 1. The van der Waals surface area contributed by atoms with Crippen LogP contribution in [0.25, 0.3) is 22.7 Å². The topological polar surface area (TPSA) is 70.7 Å². The average molecular weight is 413 g/mol. The fourth-order valence-electron chi connectivity index (χ4n) is 3.21. The number of rotatable bonds is 4. The van der Waals surface area contributed by atoms with E-state index in [1.807, 2.05) is 54.1 Å². The summed E-state index contributed by atoms with van der Waals surface area (Å²) in [6.07, 6.45) is 1.76. The number of amides is 1. The van der Waals surface area contributed by atoms with E-state index in [2.05, 4.69) is 16.4 Å². The molecule has 30 heavy (non-hydrogen) atoms. The minimum absolute atomic E-state index is 0.233. The lowest BCUT2D eigenvalue weighted by Crippen LogP contribution is -2.11. The highest BCUT2D eigenvalue weighted by molar-refractivity contribution is 6.30. The van der Waals surface area contributed by atoms with Crippen molar-refractivity contribution in [2.24, 2.45) is 7.05 Å². The number of nitrogens with zero attached hydrogens (tertiary/aromatic N) is 3. The summed E-state index contributed by atoms with van der Waals surface area (Å²) in [6, 6.07) is 24.0. The number of benzene rings is 3. The number of hydrogen-bond acceptors (Lipinski definition) is 3. The van der Waals surface area contributed by atoms with Gasteiger partial charge in [-0.25, -0.2) is 4.98 Å². The Hall–Kier alpha value is -3.88. The summed E-state index contributed by atoms with van der Waals surface area (Å²) in [5, 5.41) is 13.2. The zero-order valence-electron chi connectivity index (χ0n) is 16.1. The fraction of sp³-hybridized carbons (Fsp3) is 0.0417. The van der Waals surface area contributed by atoms with Crippen LogP contribution in [0.15, 0.2) is 72.8 Å². The molecule has 1 heterocycles. The van der Waals surface area contributed by atoms with Gasteiger partial charge in [0.05, 0.1) is 16.6 Å². The van der Waals surface area contributed by atoms with E-state index in [-0.39, 0.29) is 5.91 Å². The maximum Gasteiger partial charge on any atom is 0.255 e. The van der Waals surface area contributed by atoms with Gasteiger partial charge in [-0.05, 0) is 60.2 Å². The molecule has 6 heteroatoms. The number of aryl methyl sites for hydroxylation is 1. The highest BCUT2D eigenvalue weighted by atomic mass is 35.5. The Morgan fingerprint density at radius 1 is 1.10 bits per heavy atom. The molecular weight excluding hydrogens is 396 g/mol. The molecule has 0 saturated heterocycles. The second kappa shape index (κ2) is 8.24. The smallest absolute Gasteiger partial charge is 0.255 e. The molecule has 0 spiro atoms. The molecule has 146 valence electrons. The van der Waals surface area contributed by atoms with Gasteiger partial charge in [-0.3, -0.25) is 4.79 Å². The van der Waals surface area contributed by atoms with Gasteiger partial charge in [0, 0.05) is 23.3 Å². The molecule has 4 aromatic rings. The molecule has 3 aromatic carbocycles. The zero-order valence-corrected chi connectivity index (χ0v) is 16.9. The van der Waals surface area contributed by atoms with Crippen molar-refractivity contribution in [2.75, 3.05) is 5.32 Å². The number of imidazole rings is 1.